The van der Waals surface area contributed by atoms with E-state index in [1.165, 1.54) is 0 Å². The summed E-state index contributed by atoms with van der Waals surface area (Å²) in [7, 11) is -5.13. The average Bonchev–Trinajstić information content (AvgIpc) is 2.70. The maximum absolute atomic E-state index is 13.3. The van der Waals surface area contributed by atoms with Crippen LogP contribution in [0.3, 0.4) is 0 Å². The van der Waals surface area contributed by atoms with Crippen LogP contribution in [0, 0.1) is 6.92 Å². The number of nitrogens with zero attached hydrogens (tertiary/aromatic N) is 3. The van der Waals surface area contributed by atoms with Crippen molar-refractivity contribution < 1.29 is 26.0 Å². The van der Waals surface area contributed by atoms with Gasteiger partial charge in [0.2, 0.25) is 0 Å². The van der Waals surface area contributed by atoms with Crippen LogP contribution in [0.2, 0.25) is 0 Å². The van der Waals surface area contributed by atoms with E-state index in [4.69, 9.17) is 4.74 Å². The van der Waals surface area contributed by atoms with E-state index in [1.807, 2.05) is 26.8 Å². The standard InChI is InChI=1S/C21H33FN4O5S/c1-16-17(15-24-9-11-26(12-10-24)20(27)30-21(2,3)4)13-18(25-7-5-23-6-8-25)14-19(16)31-32(22,28)29/h13-14,23H,5-12,15H2,1-4H3. The molecule has 0 saturated carbocycles. The van der Waals surface area contributed by atoms with Gasteiger partial charge in [0.15, 0.2) is 5.75 Å². The Morgan fingerprint density at radius 1 is 1.09 bits per heavy atom. The maximum Gasteiger partial charge on any atom is 0.488 e. The highest BCUT2D eigenvalue weighted by atomic mass is 32.3. The Labute approximate surface area is 189 Å². The Kier molecular flexibility index (Phi) is 7.51. The molecule has 0 atom stereocenters. The number of benzene rings is 1. The van der Waals surface area contributed by atoms with Crippen molar-refractivity contribution in [3.05, 3.63) is 23.3 Å². The maximum atomic E-state index is 13.3. The number of piperazine rings is 2. The van der Waals surface area contributed by atoms with Gasteiger partial charge in [-0.2, -0.15) is 8.42 Å². The Morgan fingerprint density at radius 2 is 1.72 bits per heavy atom. The number of amides is 1. The number of hydrogen-bond acceptors (Lipinski definition) is 8. The lowest BCUT2D eigenvalue weighted by Crippen LogP contribution is -2.49. The van der Waals surface area contributed by atoms with Crippen LogP contribution < -0.4 is 14.4 Å². The van der Waals surface area contributed by atoms with Crippen LogP contribution in [0.5, 0.6) is 5.75 Å². The first-order chi connectivity index (χ1) is 14.9. The van der Waals surface area contributed by atoms with E-state index in [2.05, 4.69) is 19.3 Å². The summed E-state index contributed by atoms with van der Waals surface area (Å²) in [6, 6.07) is 3.60. The van der Waals surface area contributed by atoms with Crippen molar-refractivity contribution >= 4 is 22.3 Å². The van der Waals surface area contributed by atoms with E-state index in [0.717, 1.165) is 37.4 Å². The van der Waals surface area contributed by atoms with Crippen molar-refractivity contribution in [1.82, 2.24) is 15.1 Å². The van der Waals surface area contributed by atoms with E-state index in [-0.39, 0.29) is 11.8 Å². The molecule has 1 aromatic carbocycles. The van der Waals surface area contributed by atoms with E-state index in [9.17, 15) is 17.1 Å². The van der Waals surface area contributed by atoms with Crippen LogP contribution in [0.15, 0.2) is 12.1 Å². The highest BCUT2D eigenvalue weighted by Crippen LogP contribution is 2.31. The molecule has 9 nitrogen and oxygen atoms in total. The summed E-state index contributed by atoms with van der Waals surface area (Å²) >= 11 is 0. The van der Waals surface area contributed by atoms with Gasteiger partial charge in [-0.25, -0.2) is 4.79 Å². The number of carbonyl (C=O) groups excluding carboxylic acids is 1. The van der Waals surface area contributed by atoms with Crippen molar-refractivity contribution in [2.45, 2.75) is 39.8 Å². The molecule has 0 spiro atoms. The van der Waals surface area contributed by atoms with Gasteiger partial charge in [-0.1, -0.05) is 3.89 Å². The highest BCUT2D eigenvalue weighted by Gasteiger charge is 2.27. The Balaban J connectivity index is 1.74. The fourth-order valence-corrected chi connectivity index (χ4v) is 4.24. The van der Waals surface area contributed by atoms with Gasteiger partial charge < -0.3 is 24.0 Å². The fourth-order valence-electron chi connectivity index (χ4n) is 3.85. The smallest absolute Gasteiger partial charge is 0.444 e. The third-order valence-corrected chi connectivity index (χ3v) is 5.92. The van der Waals surface area contributed by atoms with E-state index >= 15 is 0 Å². The number of carbonyl (C=O) groups is 1. The number of hydrogen-bond donors (Lipinski definition) is 1. The first-order valence-electron chi connectivity index (χ1n) is 10.8. The largest absolute Gasteiger partial charge is 0.488 e. The van der Waals surface area contributed by atoms with Crippen molar-refractivity contribution in [3.8, 4) is 5.75 Å². The minimum Gasteiger partial charge on any atom is -0.444 e. The predicted molar refractivity (Wildman–Crippen MR) is 120 cm³/mol. The topological polar surface area (TPSA) is 91.4 Å². The van der Waals surface area contributed by atoms with E-state index in [0.29, 0.717) is 38.3 Å². The lowest BCUT2D eigenvalue weighted by Gasteiger charge is -2.36. The average molecular weight is 473 g/mol. The number of nitrogens with one attached hydrogen (secondary N) is 1. The first kappa shape index (κ1) is 24.5. The summed E-state index contributed by atoms with van der Waals surface area (Å²) in [5.41, 5.74) is 1.71. The van der Waals surface area contributed by atoms with Gasteiger partial charge in [-0.3, -0.25) is 4.90 Å². The number of halogens is 1. The molecule has 11 heteroatoms. The number of rotatable bonds is 5. The zero-order chi connectivity index (χ0) is 23.5. The molecule has 1 aromatic rings. The molecule has 180 valence electrons. The molecule has 3 rings (SSSR count). The monoisotopic (exact) mass is 472 g/mol. The normalized spacial score (nSPS) is 18.5. The van der Waals surface area contributed by atoms with Crippen LogP contribution in [0.25, 0.3) is 0 Å². The van der Waals surface area contributed by atoms with E-state index < -0.39 is 16.1 Å². The Hall–Kier alpha value is -2.11. The van der Waals surface area contributed by atoms with Crippen LogP contribution in [0.1, 0.15) is 31.9 Å². The van der Waals surface area contributed by atoms with Crippen molar-refractivity contribution in [1.29, 1.82) is 0 Å². The molecule has 0 radical (unpaired) electrons. The highest BCUT2D eigenvalue weighted by molar-refractivity contribution is 7.81. The molecule has 1 amide bonds. The van der Waals surface area contributed by atoms with Crippen LogP contribution in [0.4, 0.5) is 14.4 Å². The number of ether oxygens (including phenoxy) is 1. The van der Waals surface area contributed by atoms with Gasteiger partial charge in [0.25, 0.3) is 0 Å². The molecule has 0 bridgehead atoms. The van der Waals surface area contributed by atoms with Gasteiger partial charge in [0.1, 0.15) is 5.60 Å². The third-order valence-electron chi connectivity index (χ3n) is 5.54. The molecule has 2 saturated heterocycles. The zero-order valence-electron chi connectivity index (χ0n) is 19.2. The second-order valence-corrected chi connectivity index (χ2v) is 10.1. The molecule has 32 heavy (non-hydrogen) atoms. The summed E-state index contributed by atoms with van der Waals surface area (Å²) in [5, 5.41) is 3.28. The summed E-state index contributed by atoms with van der Waals surface area (Å²) in [4.78, 5) is 18.3. The molecule has 1 N–H and O–H groups in total. The van der Waals surface area contributed by atoms with Gasteiger partial charge in [-0.15, -0.1) is 0 Å². The molecule has 2 aliphatic heterocycles. The molecule has 2 aliphatic rings. The van der Waals surface area contributed by atoms with Crippen molar-refractivity contribution in [2.24, 2.45) is 0 Å². The van der Waals surface area contributed by atoms with Crippen LogP contribution in [-0.4, -0.2) is 82.3 Å². The Morgan fingerprint density at radius 3 is 2.28 bits per heavy atom. The number of anilines is 1. The molecular formula is C21H33FN4O5S. The molecule has 0 unspecified atom stereocenters. The second kappa shape index (κ2) is 9.80. The predicted octanol–water partition coefficient (Wildman–Crippen LogP) is 2.05. The minimum absolute atomic E-state index is 0.00548. The fraction of sp³-hybridized carbons (Fsp3) is 0.667. The molecular weight excluding hydrogens is 439 g/mol. The molecule has 2 fully saturated rings. The summed E-state index contributed by atoms with van der Waals surface area (Å²) < 4.78 is 45.8. The molecule has 2 heterocycles. The van der Waals surface area contributed by atoms with Crippen molar-refractivity contribution in [2.75, 3.05) is 57.3 Å². The van der Waals surface area contributed by atoms with Gasteiger partial charge in [0.05, 0.1) is 0 Å². The molecule has 0 aliphatic carbocycles. The minimum atomic E-state index is -5.13. The summed E-state index contributed by atoms with van der Waals surface area (Å²) in [6.45, 7) is 13.3. The quantitative estimate of drug-likeness (QED) is 0.651. The summed E-state index contributed by atoms with van der Waals surface area (Å²) in [5.74, 6) is 0.00548. The zero-order valence-corrected chi connectivity index (χ0v) is 20.0. The van der Waals surface area contributed by atoms with Crippen LogP contribution >= 0.6 is 0 Å². The summed E-state index contributed by atoms with van der Waals surface area (Å²) in [6.07, 6.45) is -0.321. The van der Waals surface area contributed by atoms with Gasteiger partial charge in [0, 0.05) is 70.7 Å². The SMILES string of the molecule is Cc1c(CN2CCN(C(=O)OC(C)(C)C)CC2)cc(N2CCNCC2)cc1OS(=O)(=O)F. The lowest BCUT2D eigenvalue weighted by molar-refractivity contribution is 0.0139. The van der Waals surface area contributed by atoms with Gasteiger partial charge in [-0.05, 0) is 44.9 Å². The lowest BCUT2D eigenvalue weighted by atomic mass is 10.0. The first-order valence-corrected chi connectivity index (χ1v) is 12.2. The van der Waals surface area contributed by atoms with E-state index in [1.54, 1.807) is 17.9 Å². The second-order valence-electron chi connectivity index (χ2n) is 9.19. The van der Waals surface area contributed by atoms with Crippen molar-refractivity contribution in [3.63, 3.8) is 0 Å². The molecule has 0 aromatic heterocycles. The third kappa shape index (κ3) is 6.94. The van der Waals surface area contributed by atoms with Crippen LogP contribution in [-0.2, 0) is 21.8 Å². The Bertz CT molecular complexity index is 921. The van der Waals surface area contributed by atoms with Gasteiger partial charge >= 0.3 is 16.6 Å².